The van der Waals surface area contributed by atoms with E-state index in [-0.39, 0.29) is 60.9 Å². The van der Waals surface area contributed by atoms with Gasteiger partial charge in [0.2, 0.25) is 5.91 Å². The van der Waals surface area contributed by atoms with E-state index in [0.717, 1.165) is 28.4 Å². The first kappa shape index (κ1) is 52.9. The highest BCUT2D eigenvalue weighted by atomic mass is 35.5. The summed E-state index contributed by atoms with van der Waals surface area (Å²) in [5.41, 5.74) is -4.41. The molecule has 3 aromatic heterocycles. The van der Waals surface area contributed by atoms with Gasteiger partial charge >= 0.3 is 18.3 Å². The second-order valence-electron chi connectivity index (χ2n) is 16.2. The summed E-state index contributed by atoms with van der Waals surface area (Å²) >= 11 is 8.86. The molecule has 2 unspecified atom stereocenters. The minimum Gasteiger partial charge on any atom is -0.481 e. The van der Waals surface area contributed by atoms with Gasteiger partial charge in [0.05, 0.1) is 38.5 Å². The fourth-order valence-corrected chi connectivity index (χ4v) is 8.73. The third-order valence-corrected chi connectivity index (χ3v) is 13.1. The van der Waals surface area contributed by atoms with Crippen molar-refractivity contribution in [3.05, 3.63) is 93.0 Å². The lowest BCUT2D eigenvalue weighted by molar-refractivity contribution is -0.143. The quantitative estimate of drug-likeness (QED) is 0.0496. The maximum atomic E-state index is 15.1. The van der Waals surface area contributed by atoms with Crippen LogP contribution in [0.2, 0.25) is 5.02 Å². The molecule has 0 saturated heterocycles. The number of carbonyl (C=O) groups excluding carboxylic acids is 2. The lowest BCUT2D eigenvalue weighted by Gasteiger charge is -2.24. The van der Waals surface area contributed by atoms with Crippen LogP contribution >= 0.6 is 35.3 Å². The fraction of sp³-hybridized carbons (Fsp3) is 0.409. The molecule has 0 spiro atoms. The molecule has 2 atom stereocenters. The number of halogens is 11. The zero-order valence-corrected chi connectivity index (χ0v) is 39.4. The van der Waals surface area contributed by atoms with Gasteiger partial charge in [-0.05, 0) is 100 Å². The predicted octanol–water partition coefficient (Wildman–Crippen LogP) is 9.50. The van der Waals surface area contributed by atoms with E-state index in [4.69, 9.17) is 16.6 Å². The van der Waals surface area contributed by atoms with E-state index < -0.39 is 120 Å². The van der Waals surface area contributed by atoms with Crippen LogP contribution in [0.25, 0.3) is 22.0 Å². The summed E-state index contributed by atoms with van der Waals surface area (Å²) < 4.78 is 147. The molecule has 0 bridgehead atoms. The van der Waals surface area contributed by atoms with Crippen LogP contribution < -0.4 is 14.9 Å². The van der Waals surface area contributed by atoms with Crippen molar-refractivity contribution in [1.29, 1.82) is 0 Å². The van der Waals surface area contributed by atoms with E-state index in [1.165, 1.54) is 49.3 Å². The molecule has 0 fully saturated rings. The van der Waals surface area contributed by atoms with Crippen molar-refractivity contribution < 1.29 is 63.4 Å². The number of thioether (sulfide) groups is 1. The highest BCUT2D eigenvalue weighted by molar-refractivity contribution is 8.00. The number of likely N-dealkylation sites (N-methyl/N-ethyl adjacent to an activating group) is 1. The third kappa shape index (κ3) is 12.1. The van der Waals surface area contributed by atoms with Gasteiger partial charge in [-0.15, -0.1) is 11.8 Å². The summed E-state index contributed by atoms with van der Waals surface area (Å²) in [5, 5.41) is 21.7. The molecular formula is C44H41ClF10N8O4S2. The molecule has 3 N–H and O–H groups in total. The number of hydrogen-bond acceptors (Lipinski definition) is 9. The number of nitrogens with one attached hydrogen (secondary N) is 2. The molecule has 6 rings (SSSR count). The Kier molecular flexibility index (Phi) is 15.7. The summed E-state index contributed by atoms with van der Waals surface area (Å²) in [5.74, 6) is -3.63. The van der Waals surface area contributed by atoms with Gasteiger partial charge in [0.25, 0.3) is 11.8 Å². The van der Waals surface area contributed by atoms with E-state index in [2.05, 4.69) is 32.7 Å². The van der Waals surface area contributed by atoms with E-state index in [9.17, 15) is 54.6 Å². The van der Waals surface area contributed by atoms with Crippen LogP contribution in [0.3, 0.4) is 0 Å². The highest BCUT2D eigenvalue weighted by Gasteiger charge is 2.50. The number of alkyl halides is 8. The van der Waals surface area contributed by atoms with Crippen molar-refractivity contribution >= 4 is 69.8 Å². The Morgan fingerprint density at radius 1 is 0.986 bits per heavy atom. The first-order valence-electron chi connectivity index (χ1n) is 20.6. The van der Waals surface area contributed by atoms with Crippen molar-refractivity contribution in [2.24, 2.45) is 0 Å². The first-order chi connectivity index (χ1) is 32.2. The van der Waals surface area contributed by atoms with Gasteiger partial charge < -0.3 is 15.7 Å². The molecule has 2 amide bonds. The van der Waals surface area contributed by atoms with Crippen molar-refractivity contribution in [2.75, 3.05) is 23.9 Å². The Labute approximate surface area is 401 Å². The smallest absolute Gasteiger partial charge is 0.435 e. The van der Waals surface area contributed by atoms with Crippen molar-refractivity contribution in [2.45, 2.75) is 94.1 Å². The van der Waals surface area contributed by atoms with Crippen LogP contribution in [0.1, 0.15) is 73.1 Å². The summed E-state index contributed by atoms with van der Waals surface area (Å²) in [7, 11) is 1.38. The van der Waals surface area contributed by atoms with Gasteiger partial charge in [-0.25, -0.2) is 18.1 Å². The van der Waals surface area contributed by atoms with Gasteiger partial charge in [-0.2, -0.15) is 45.3 Å². The predicted molar refractivity (Wildman–Crippen MR) is 240 cm³/mol. The average molecular weight is 1040 g/mol. The average Bonchev–Trinajstić information content (AvgIpc) is 3.91. The van der Waals surface area contributed by atoms with E-state index in [1.807, 2.05) is 0 Å². The van der Waals surface area contributed by atoms with Gasteiger partial charge in [0, 0.05) is 41.9 Å². The minimum absolute atomic E-state index is 0.00761. The lowest BCUT2D eigenvalue weighted by Crippen LogP contribution is -2.43. The number of pyridine rings is 1. The summed E-state index contributed by atoms with van der Waals surface area (Å²) in [6, 6.07) is 4.91. The number of carbonyl (C=O) groups is 3. The first-order valence-corrected chi connectivity index (χ1v) is 23.4. The van der Waals surface area contributed by atoms with Crippen LogP contribution in [-0.4, -0.2) is 84.0 Å². The number of anilines is 1. The standard InChI is InChI=1S/C44H41ClF10N8O4S2/c1-41(2,68-4)14-12-25-6-7-26(27-8-9-29(45)34-36(27)62(21-43(50,51)52)60-39(34)63(69-5)40(67)30(56-3)10-11-33(65)66)35(57-25)31(18-22-16-23(46)19-24(47)17-22)58-32(64)20-61-38-28(13-15-42(38,48)49)37(59-61)44(53,54)55/h6-9,16-17,19,30-31,56H,10-11,13,15,18,20-21H2,1-5H3,(H,58,64)(H,65,66). The number of fused-ring (bicyclic) bond motifs is 2. The number of amides is 2. The number of benzene rings is 2. The zero-order valence-electron chi connectivity index (χ0n) is 37.0. The molecule has 3 heterocycles. The Morgan fingerprint density at radius 3 is 2.25 bits per heavy atom. The second-order valence-corrected chi connectivity index (χ2v) is 18.8. The zero-order chi connectivity index (χ0) is 51.0. The van der Waals surface area contributed by atoms with Crippen LogP contribution in [0, 0.1) is 23.5 Å². The van der Waals surface area contributed by atoms with Crippen LogP contribution in [0.5, 0.6) is 0 Å². The topological polar surface area (TPSA) is 147 Å². The number of hydrogen-bond donors (Lipinski definition) is 3. The minimum atomic E-state index is -5.17. The number of aromatic nitrogens is 5. The Morgan fingerprint density at radius 2 is 1.65 bits per heavy atom. The SMILES string of the molecule is CNC(CCC(=O)O)C(=O)N(SC)c1nn(CC(F)(F)F)c2c(-c3ccc(C#CC(C)(C)SC)nc3C(Cc3cc(F)cc(F)c3)NC(=O)Cn3nc(C(F)(F)F)c4c3C(F)(F)CC4)ccc(Cl)c12. The molecular weight excluding hydrogens is 994 g/mol. The summed E-state index contributed by atoms with van der Waals surface area (Å²) in [4.78, 5) is 44.2. The Bertz CT molecular complexity index is 2840. The van der Waals surface area contributed by atoms with E-state index >= 15 is 8.78 Å². The lowest BCUT2D eigenvalue weighted by atomic mass is 9.93. The molecule has 0 saturated carbocycles. The summed E-state index contributed by atoms with van der Waals surface area (Å²) in [6.07, 6.45) is -9.84. The van der Waals surface area contributed by atoms with E-state index in [0.29, 0.717) is 10.7 Å². The maximum absolute atomic E-state index is 15.1. The molecule has 370 valence electrons. The normalized spacial score (nSPS) is 14.6. The van der Waals surface area contributed by atoms with Crippen LogP contribution in [0.4, 0.5) is 49.7 Å². The molecule has 2 aromatic carbocycles. The molecule has 69 heavy (non-hydrogen) atoms. The van der Waals surface area contributed by atoms with Gasteiger partial charge in [0.1, 0.15) is 36.1 Å². The number of carboxylic acids is 1. The van der Waals surface area contributed by atoms with Crippen LogP contribution in [-0.2, 0) is 52.4 Å². The largest absolute Gasteiger partial charge is 0.481 e. The Balaban J connectivity index is 1.61. The number of nitrogens with zero attached hydrogens (tertiary/aromatic N) is 6. The van der Waals surface area contributed by atoms with Crippen molar-refractivity contribution in [3.8, 4) is 23.0 Å². The molecule has 1 aliphatic rings. The summed E-state index contributed by atoms with van der Waals surface area (Å²) in [6.45, 7) is 0.598. The third-order valence-electron chi connectivity index (χ3n) is 10.9. The molecule has 12 nitrogen and oxygen atoms in total. The maximum Gasteiger partial charge on any atom is 0.435 e. The van der Waals surface area contributed by atoms with Gasteiger partial charge in [-0.3, -0.25) is 23.7 Å². The van der Waals surface area contributed by atoms with E-state index in [1.54, 1.807) is 20.1 Å². The highest BCUT2D eigenvalue weighted by Crippen LogP contribution is 2.47. The molecule has 25 heteroatoms. The second kappa shape index (κ2) is 20.4. The van der Waals surface area contributed by atoms with Crippen LogP contribution in [0.15, 0.2) is 42.5 Å². The van der Waals surface area contributed by atoms with Crippen molar-refractivity contribution in [1.82, 2.24) is 35.2 Å². The van der Waals surface area contributed by atoms with Gasteiger partial charge in [0.15, 0.2) is 11.5 Å². The molecule has 0 aliphatic heterocycles. The molecule has 0 radical (unpaired) electrons. The van der Waals surface area contributed by atoms with Gasteiger partial charge in [-0.1, -0.05) is 23.6 Å². The monoisotopic (exact) mass is 1030 g/mol. The molecule has 5 aromatic rings. The number of carboxylic acid groups (broad SMARTS) is 1. The fourth-order valence-electron chi connectivity index (χ4n) is 7.73. The number of rotatable bonds is 16. The number of aliphatic carboxylic acids is 1. The van der Waals surface area contributed by atoms with Crippen molar-refractivity contribution in [3.63, 3.8) is 0 Å². The Hall–Kier alpha value is -5.51. The molecule has 1 aliphatic carbocycles.